The van der Waals surface area contributed by atoms with Gasteiger partial charge in [0.05, 0.1) is 5.75 Å². The van der Waals surface area contributed by atoms with Gasteiger partial charge in [-0.1, -0.05) is 43.3 Å². The first kappa shape index (κ1) is 14.1. The summed E-state index contributed by atoms with van der Waals surface area (Å²) < 4.78 is 5.25. The summed E-state index contributed by atoms with van der Waals surface area (Å²) in [6.07, 6.45) is 0.881. The second-order valence-electron chi connectivity index (χ2n) is 5.12. The highest BCUT2D eigenvalue weighted by atomic mass is 32.2. The van der Waals surface area contributed by atoms with Gasteiger partial charge in [-0.05, 0) is 24.0 Å². The number of thioether (sulfide) groups is 1. The Kier molecular flexibility index (Phi) is 5.02. The van der Waals surface area contributed by atoms with Crippen molar-refractivity contribution in [2.45, 2.75) is 38.7 Å². The van der Waals surface area contributed by atoms with Gasteiger partial charge in [-0.3, -0.25) is 0 Å². The third-order valence-corrected chi connectivity index (χ3v) is 3.81. The molecule has 0 unspecified atom stereocenters. The van der Waals surface area contributed by atoms with E-state index in [-0.39, 0.29) is 0 Å². The molecule has 0 N–H and O–H groups in total. The molecule has 4 heteroatoms. The van der Waals surface area contributed by atoms with E-state index in [4.69, 9.17) is 4.52 Å². The molecular weight excluding hydrogens is 256 g/mol. The maximum Gasteiger partial charge on any atom is 0.236 e. The fourth-order valence-corrected chi connectivity index (χ4v) is 2.75. The highest BCUT2D eigenvalue weighted by Gasteiger charge is 2.08. The van der Waals surface area contributed by atoms with Crippen molar-refractivity contribution in [3.05, 3.63) is 47.1 Å². The molecule has 1 aromatic heterocycles. The van der Waals surface area contributed by atoms with Crippen molar-refractivity contribution in [2.24, 2.45) is 5.92 Å². The molecule has 1 aromatic carbocycles. The first-order chi connectivity index (χ1) is 9.15. The topological polar surface area (TPSA) is 38.9 Å². The van der Waals surface area contributed by atoms with Gasteiger partial charge in [-0.2, -0.15) is 4.98 Å². The number of nitrogens with zero attached hydrogens (tertiary/aromatic N) is 2. The summed E-state index contributed by atoms with van der Waals surface area (Å²) in [6.45, 7) is 6.45. The minimum Gasteiger partial charge on any atom is -0.338 e. The van der Waals surface area contributed by atoms with E-state index in [9.17, 15) is 0 Å². The molecule has 0 bridgehead atoms. The van der Waals surface area contributed by atoms with E-state index in [1.54, 1.807) is 0 Å². The summed E-state index contributed by atoms with van der Waals surface area (Å²) in [5, 5.41) is 4.00. The van der Waals surface area contributed by atoms with E-state index >= 15 is 0 Å². The van der Waals surface area contributed by atoms with E-state index in [0.29, 0.717) is 5.92 Å². The molecule has 0 aliphatic carbocycles. The van der Waals surface area contributed by atoms with Crippen LogP contribution in [0.2, 0.25) is 0 Å². The van der Waals surface area contributed by atoms with Gasteiger partial charge in [0.2, 0.25) is 5.89 Å². The smallest absolute Gasteiger partial charge is 0.236 e. The maximum atomic E-state index is 5.25. The standard InChI is InChI=1S/C15H20N2OS/c1-11(2)8-14-16-15(18-17-14)10-19-9-13-7-5-4-6-12(13)3/h4-7,11H,8-10H2,1-3H3. The molecule has 2 aromatic rings. The van der Waals surface area contributed by atoms with Crippen LogP contribution in [-0.4, -0.2) is 10.1 Å². The molecule has 0 saturated carbocycles. The normalized spacial score (nSPS) is 11.2. The van der Waals surface area contributed by atoms with Crippen LogP contribution in [0.5, 0.6) is 0 Å². The van der Waals surface area contributed by atoms with Crippen LogP contribution in [0, 0.1) is 12.8 Å². The van der Waals surface area contributed by atoms with Gasteiger partial charge < -0.3 is 4.52 Å². The minimum absolute atomic E-state index is 0.560. The highest BCUT2D eigenvalue weighted by Crippen LogP contribution is 2.19. The number of hydrogen-bond donors (Lipinski definition) is 0. The average Bonchev–Trinajstić information content (AvgIpc) is 2.78. The zero-order valence-corrected chi connectivity index (χ0v) is 12.5. The molecule has 2 rings (SSSR count). The number of aryl methyl sites for hydroxylation is 1. The molecule has 0 fully saturated rings. The molecule has 0 aliphatic rings. The lowest BCUT2D eigenvalue weighted by atomic mass is 10.1. The predicted octanol–water partition coefficient (Wildman–Crippen LogP) is 4.01. The first-order valence-electron chi connectivity index (χ1n) is 6.59. The van der Waals surface area contributed by atoms with Gasteiger partial charge in [-0.15, -0.1) is 11.8 Å². The third-order valence-electron chi connectivity index (χ3n) is 2.85. The van der Waals surface area contributed by atoms with Gasteiger partial charge in [0, 0.05) is 12.2 Å². The van der Waals surface area contributed by atoms with Gasteiger partial charge in [0.1, 0.15) is 0 Å². The Bertz CT molecular complexity index is 522. The lowest BCUT2D eigenvalue weighted by Crippen LogP contribution is -1.96. The van der Waals surface area contributed by atoms with Crippen molar-refractivity contribution in [2.75, 3.05) is 0 Å². The van der Waals surface area contributed by atoms with Crippen LogP contribution in [0.15, 0.2) is 28.8 Å². The van der Waals surface area contributed by atoms with Crippen molar-refractivity contribution in [1.82, 2.24) is 10.1 Å². The van der Waals surface area contributed by atoms with Crippen LogP contribution >= 0.6 is 11.8 Å². The van der Waals surface area contributed by atoms with E-state index in [2.05, 4.69) is 55.2 Å². The Morgan fingerprint density at radius 3 is 2.74 bits per heavy atom. The van der Waals surface area contributed by atoms with Gasteiger partial charge >= 0.3 is 0 Å². The molecule has 0 aliphatic heterocycles. The molecule has 1 heterocycles. The maximum absolute atomic E-state index is 5.25. The fraction of sp³-hybridized carbons (Fsp3) is 0.467. The Morgan fingerprint density at radius 1 is 1.21 bits per heavy atom. The summed E-state index contributed by atoms with van der Waals surface area (Å²) >= 11 is 1.81. The van der Waals surface area contributed by atoms with Gasteiger partial charge in [0.25, 0.3) is 0 Å². The Morgan fingerprint density at radius 2 is 2.00 bits per heavy atom. The first-order valence-corrected chi connectivity index (χ1v) is 7.74. The second-order valence-corrected chi connectivity index (χ2v) is 6.11. The number of benzene rings is 1. The van der Waals surface area contributed by atoms with Gasteiger partial charge in [0.15, 0.2) is 5.82 Å². The average molecular weight is 276 g/mol. The van der Waals surface area contributed by atoms with E-state index in [1.807, 2.05) is 11.8 Å². The molecule has 102 valence electrons. The monoisotopic (exact) mass is 276 g/mol. The molecule has 0 atom stereocenters. The molecule has 0 spiro atoms. The van der Waals surface area contributed by atoms with E-state index in [1.165, 1.54) is 11.1 Å². The van der Waals surface area contributed by atoms with Crippen LogP contribution in [-0.2, 0) is 17.9 Å². The molecular formula is C15H20N2OS. The summed E-state index contributed by atoms with van der Waals surface area (Å²) in [5.41, 5.74) is 2.70. The zero-order valence-electron chi connectivity index (χ0n) is 11.7. The molecule has 0 amide bonds. The summed E-state index contributed by atoms with van der Waals surface area (Å²) in [6, 6.07) is 8.46. The molecule has 0 radical (unpaired) electrons. The van der Waals surface area contributed by atoms with Crippen molar-refractivity contribution >= 4 is 11.8 Å². The van der Waals surface area contributed by atoms with Crippen LogP contribution in [0.25, 0.3) is 0 Å². The Labute approximate surface area is 118 Å². The summed E-state index contributed by atoms with van der Waals surface area (Å²) in [4.78, 5) is 4.41. The summed E-state index contributed by atoms with van der Waals surface area (Å²) in [7, 11) is 0. The molecule has 19 heavy (non-hydrogen) atoms. The Balaban J connectivity index is 1.83. The lowest BCUT2D eigenvalue weighted by molar-refractivity contribution is 0.382. The quantitative estimate of drug-likeness (QED) is 0.799. The summed E-state index contributed by atoms with van der Waals surface area (Å²) in [5.74, 6) is 3.87. The SMILES string of the molecule is Cc1ccccc1CSCc1nc(CC(C)C)no1. The lowest BCUT2D eigenvalue weighted by Gasteiger charge is -2.03. The Hall–Kier alpha value is -1.29. The number of aromatic nitrogens is 2. The van der Waals surface area contributed by atoms with E-state index < -0.39 is 0 Å². The highest BCUT2D eigenvalue weighted by molar-refractivity contribution is 7.97. The van der Waals surface area contributed by atoms with Crippen molar-refractivity contribution in [3.8, 4) is 0 Å². The van der Waals surface area contributed by atoms with Crippen LogP contribution < -0.4 is 0 Å². The zero-order chi connectivity index (χ0) is 13.7. The fourth-order valence-electron chi connectivity index (χ4n) is 1.82. The predicted molar refractivity (Wildman–Crippen MR) is 79.0 cm³/mol. The number of rotatable bonds is 6. The number of hydrogen-bond acceptors (Lipinski definition) is 4. The molecule has 0 saturated heterocycles. The van der Waals surface area contributed by atoms with Crippen molar-refractivity contribution < 1.29 is 4.52 Å². The third kappa shape index (κ3) is 4.39. The van der Waals surface area contributed by atoms with Crippen LogP contribution in [0.4, 0.5) is 0 Å². The van der Waals surface area contributed by atoms with Crippen LogP contribution in [0.1, 0.15) is 36.7 Å². The second kappa shape index (κ2) is 6.75. The van der Waals surface area contributed by atoms with Crippen LogP contribution in [0.3, 0.4) is 0 Å². The van der Waals surface area contributed by atoms with Crippen molar-refractivity contribution in [3.63, 3.8) is 0 Å². The minimum atomic E-state index is 0.560. The van der Waals surface area contributed by atoms with Crippen molar-refractivity contribution in [1.29, 1.82) is 0 Å². The van der Waals surface area contributed by atoms with Gasteiger partial charge in [-0.25, -0.2) is 0 Å². The molecule has 3 nitrogen and oxygen atoms in total. The van der Waals surface area contributed by atoms with E-state index in [0.717, 1.165) is 29.6 Å². The largest absolute Gasteiger partial charge is 0.338 e.